The molecule has 0 aromatic heterocycles. The number of nitrogens with zero attached hydrogens (tertiary/aromatic N) is 2. The quantitative estimate of drug-likeness (QED) is 0.287. The molecule has 7 nitrogen and oxygen atoms in total. The van der Waals surface area contributed by atoms with Gasteiger partial charge < -0.3 is 15.3 Å². The summed E-state index contributed by atoms with van der Waals surface area (Å²) < 4.78 is 31.5. The summed E-state index contributed by atoms with van der Waals surface area (Å²) in [6, 6.07) is 8.30. The molecule has 3 aliphatic rings. The maximum absolute atomic E-state index is 16.4. The highest BCUT2D eigenvalue weighted by Gasteiger charge is 2.66. The van der Waals surface area contributed by atoms with Crippen LogP contribution >= 0.6 is 27.5 Å². The molecule has 1 spiro atoms. The SMILES string of the molecule is C=C(Br)/C=C\C=C(/F)C1[C@H](C(=O)N(C)c2ccc(C(=O)O)c(F)c2)CN(CC2CC2)[C@@]12C(=O)Nc1cc(Cl)ccc12.CC. The minimum Gasteiger partial charge on any atom is -0.478 e. The van der Waals surface area contributed by atoms with Gasteiger partial charge in [-0.05, 0) is 61.2 Å². The summed E-state index contributed by atoms with van der Waals surface area (Å²) in [6.45, 7) is 8.28. The fraction of sp³-hybridized carbons (Fsp3) is 0.344. The molecule has 2 aromatic rings. The van der Waals surface area contributed by atoms with Crippen molar-refractivity contribution in [2.45, 2.75) is 32.2 Å². The molecule has 0 radical (unpaired) electrons. The van der Waals surface area contributed by atoms with E-state index >= 15 is 4.39 Å². The number of fused-ring (bicyclic) bond motifs is 2. The first kappa shape index (κ1) is 32.6. The van der Waals surface area contributed by atoms with Crippen LogP contribution in [0, 0.1) is 23.6 Å². The van der Waals surface area contributed by atoms with E-state index in [1.165, 1.54) is 30.2 Å². The number of carbonyl (C=O) groups is 3. The van der Waals surface area contributed by atoms with E-state index in [-0.39, 0.29) is 12.2 Å². The molecule has 1 aliphatic carbocycles. The smallest absolute Gasteiger partial charge is 0.338 e. The summed E-state index contributed by atoms with van der Waals surface area (Å²) in [5.41, 5.74) is -0.964. The Morgan fingerprint density at radius 1 is 1.26 bits per heavy atom. The normalized spacial score (nSPS) is 23.1. The molecule has 0 bridgehead atoms. The van der Waals surface area contributed by atoms with Crippen LogP contribution in [0.4, 0.5) is 20.2 Å². The molecule has 1 unspecified atom stereocenters. The second-order valence-corrected chi connectivity index (χ2v) is 12.0. The van der Waals surface area contributed by atoms with Crippen LogP contribution in [0.1, 0.15) is 42.6 Å². The number of hydrogen-bond acceptors (Lipinski definition) is 4. The highest BCUT2D eigenvalue weighted by Crippen LogP contribution is 2.57. The van der Waals surface area contributed by atoms with Crippen molar-refractivity contribution in [1.29, 1.82) is 0 Å². The first-order valence-electron chi connectivity index (χ1n) is 14.0. The maximum Gasteiger partial charge on any atom is 0.338 e. The van der Waals surface area contributed by atoms with Gasteiger partial charge in [0, 0.05) is 46.6 Å². The molecule has 5 rings (SSSR count). The Morgan fingerprint density at radius 2 is 1.95 bits per heavy atom. The van der Waals surface area contributed by atoms with Crippen LogP contribution in [-0.2, 0) is 15.1 Å². The lowest BCUT2D eigenvalue weighted by Gasteiger charge is -2.37. The van der Waals surface area contributed by atoms with Gasteiger partial charge in [-0.3, -0.25) is 14.5 Å². The van der Waals surface area contributed by atoms with Gasteiger partial charge in [-0.1, -0.05) is 60.1 Å². The molecule has 1 saturated carbocycles. The highest BCUT2D eigenvalue weighted by atomic mass is 79.9. The summed E-state index contributed by atoms with van der Waals surface area (Å²) in [6.07, 6.45) is 6.15. The number of carboxylic acids is 1. The van der Waals surface area contributed by atoms with Gasteiger partial charge in [0.05, 0.1) is 17.4 Å². The van der Waals surface area contributed by atoms with E-state index in [2.05, 4.69) is 27.8 Å². The van der Waals surface area contributed by atoms with Gasteiger partial charge in [0.25, 0.3) is 0 Å². The zero-order valence-corrected chi connectivity index (χ0v) is 26.4. The van der Waals surface area contributed by atoms with Gasteiger partial charge in [0.1, 0.15) is 17.2 Å². The molecule has 2 aliphatic heterocycles. The number of allylic oxidation sites excluding steroid dienone is 4. The van der Waals surface area contributed by atoms with Crippen LogP contribution in [-0.4, -0.2) is 47.9 Å². The Labute approximate surface area is 263 Å². The first-order chi connectivity index (χ1) is 20.4. The number of carbonyl (C=O) groups excluding carboxylic acids is 2. The summed E-state index contributed by atoms with van der Waals surface area (Å²) in [4.78, 5) is 42.4. The minimum atomic E-state index is -1.53. The number of nitrogens with one attached hydrogen (secondary N) is 1. The van der Waals surface area contributed by atoms with E-state index in [1.807, 2.05) is 18.7 Å². The fourth-order valence-electron chi connectivity index (χ4n) is 5.94. The van der Waals surface area contributed by atoms with E-state index in [1.54, 1.807) is 24.3 Å². The number of likely N-dealkylation sites (tertiary alicyclic amines) is 1. The van der Waals surface area contributed by atoms with Crippen LogP contribution in [0.15, 0.2) is 71.5 Å². The molecule has 1 saturated heterocycles. The average Bonchev–Trinajstić information content (AvgIpc) is 3.65. The largest absolute Gasteiger partial charge is 0.478 e. The zero-order chi connectivity index (χ0) is 31.6. The standard InChI is InChI=1S/C30H27BrClF2N3O4.C2H6/c1-16(31)4-3-5-23(33)26-21(27(38)36(2)19-9-10-20(28(39)40)24(34)13-19)15-37(14-17-6-7-17)30(26)22-11-8-18(32)12-25(22)35-29(30)41;1-2/h3-5,8-13,17,21,26H,1,6-7,14-15H2,2H3,(H,35,41)(H,39,40);1-2H3/b4-3-,23-5-;/t21-,26?,30-;/m1./s1. The van der Waals surface area contributed by atoms with Crippen LogP contribution in [0.25, 0.3) is 0 Å². The topological polar surface area (TPSA) is 90.0 Å². The van der Waals surface area contributed by atoms with Crippen molar-refractivity contribution in [2.75, 3.05) is 30.4 Å². The second kappa shape index (κ2) is 13.1. The number of benzene rings is 2. The van der Waals surface area contributed by atoms with Crippen LogP contribution < -0.4 is 10.2 Å². The van der Waals surface area contributed by atoms with Gasteiger partial charge in [0.15, 0.2) is 0 Å². The summed E-state index contributed by atoms with van der Waals surface area (Å²) in [7, 11) is 1.42. The molecule has 2 amide bonds. The lowest BCUT2D eigenvalue weighted by molar-refractivity contribution is -0.128. The van der Waals surface area contributed by atoms with E-state index in [9.17, 15) is 23.9 Å². The Morgan fingerprint density at radius 3 is 2.56 bits per heavy atom. The van der Waals surface area contributed by atoms with Gasteiger partial charge >= 0.3 is 5.97 Å². The Kier molecular flexibility index (Phi) is 9.93. The molecule has 2 fully saturated rings. The maximum atomic E-state index is 16.4. The number of carboxylic acid groups (broad SMARTS) is 1. The minimum absolute atomic E-state index is 0.0750. The van der Waals surface area contributed by atoms with Crippen molar-refractivity contribution in [3.63, 3.8) is 0 Å². The van der Waals surface area contributed by atoms with E-state index in [4.69, 9.17) is 11.6 Å². The number of aromatic carboxylic acids is 1. The van der Waals surface area contributed by atoms with E-state index in [0.29, 0.717) is 33.2 Å². The fourth-order valence-corrected chi connectivity index (χ4v) is 6.27. The monoisotopic (exact) mass is 675 g/mol. The number of amides is 2. The number of anilines is 2. The third kappa shape index (κ3) is 6.18. The predicted molar refractivity (Wildman–Crippen MR) is 168 cm³/mol. The molecule has 2 aromatic carbocycles. The first-order valence-corrected chi connectivity index (χ1v) is 15.2. The Balaban J connectivity index is 0.00000207. The highest BCUT2D eigenvalue weighted by molar-refractivity contribution is 9.11. The van der Waals surface area contributed by atoms with E-state index < -0.39 is 52.4 Å². The number of halogens is 4. The Bertz CT molecular complexity index is 1530. The van der Waals surface area contributed by atoms with Gasteiger partial charge in [0.2, 0.25) is 11.8 Å². The van der Waals surface area contributed by atoms with E-state index in [0.717, 1.165) is 25.0 Å². The zero-order valence-electron chi connectivity index (χ0n) is 24.0. The van der Waals surface area contributed by atoms with Crippen molar-refractivity contribution in [2.24, 2.45) is 17.8 Å². The lowest BCUT2D eigenvalue weighted by atomic mass is 9.74. The van der Waals surface area contributed by atoms with Gasteiger partial charge in [-0.2, -0.15) is 0 Å². The Hall–Kier alpha value is -3.34. The number of rotatable bonds is 8. The summed E-state index contributed by atoms with van der Waals surface area (Å²) >= 11 is 9.43. The molecule has 228 valence electrons. The molecule has 11 heteroatoms. The molecule has 3 atom stereocenters. The van der Waals surface area contributed by atoms with Crippen molar-refractivity contribution in [3.8, 4) is 0 Å². The average molecular weight is 677 g/mol. The molecule has 2 N–H and O–H groups in total. The van der Waals surface area contributed by atoms with Crippen molar-refractivity contribution in [3.05, 3.63) is 93.5 Å². The van der Waals surface area contributed by atoms with Crippen LogP contribution in [0.2, 0.25) is 5.02 Å². The third-order valence-electron chi connectivity index (χ3n) is 7.98. The molecule has 43 heavy (non-hydrogen) atoms. The predicted octanol–water partition coefficient (Wildman–Crippen LogP) is 7.29. The third-order valence-corrected chi connectivity index (χ3v) is 8.48. The molecule has 2 heterocycles. The lowest BCUT2D eigenvalue weighted by Crippen LogP contribution is -2.52. The van der Waals surface area contributed by atoms with Crippen molar-refractivity contribution in [1.82, 2.24) is 4.90 Å². The van der Waals surface area contributed by atoms with Crippen LogP contribution in [0.5, 0.6) is 0 Å². The molecular formula is C32H33BrClF2N3O4. The summed E-state index contributed by atoms with van der Waals surface area (Å²) in [5.74, 6) is -6.06. The molecular weight excluding hydrogens is 644 g/mol. The number of hydrogen-bond donors (Lipinski definition) is 2. The van der Waals surface area contributed by atoms with Gasteiger partial charge in [-0.25, -0.2) is 13.6 Å². The van der Waals surface area contributed by atoms with Crippen LogP contribution in [0.3, 0.4) is 0 Å². The van der Waals surface area contributed by atoms with Crippen molar-refractivity contribution < 1.29 is 28.3 Å². The van der Waals surface area contributed by atoms with Gasteiger partial charge in [-0.15, -0.1) is 0 Å². The van der Waals surface area contributed by atoms with Crippen molar-refractivity contribution >= 4 is 56.7 Å². The summed E-state index contributed by atoms with van der Waals surface area (Å²) in [5, 5.41) is 12.5. The second-order valence-electron chi connectivity index (χ2n) is 10.6.